The van der Waals surface area contributed by atoms with Crippen molar-refractivity contribution < 1.29 is 14.4 Å². The number of amides is 3. The van der Waals surface area contributed by atoms with E-state index in [0.29, 0.717) is 24.3 Å². The minimum atomic E-state index is -0.290. The highest BCUT2D eigenvalue weighted by atomic mass is 16.2. The average Bonchev–Trinajstić information content (AvgIpc) is 2.68. The molecule has 0 aromatic heterocycles. The van der Waals surface area contributed by atoms with Gasteiger partial charge in [0.15, 0.2) is 0 Å². The summed E-state index contributed by atoms with van der Waals surface area (Å²) in [7, 11) is 0. The summed E-state index contributed by atoms with van der Waals surface area (Å²) >= 11 is 0. The second kappa shape index (κ2) is 9.94. The minimum absolute atomic E-state index is 0.0339. The van der Waals surface area contributed by atoms with E-state index < -0.39 is 0 Å². The molecular formula is C20H29N3O3. The summed E-state index contributed by atoms with van der Waals surface area (Å²) in [5, 5.41) is 5.47. The highest BCUT2D eigenvalue weighted by Gasteiger charge is 2.21. The van der Waals surface area contributed by atoms with Gasteiger partial charge in [0.1, 0.15) is 0 Å². The van der Waals surface area contributed by atoms with Crippen LogP contribution in [-0.4, -0.2) is 42.3 Å². The molecule has 0 unspecified atom stereocenters. The largest absolute Gasteiger partial charge is 0.347 e. The molecular weight excluding hydrogens is 330 g/mol. The fourth-order valence-corrected chi connectivity index (χ4v) is 3.31. The lowest BCUT2D eigenvalue weighted by atomic mass is 9.89. The van der Waals surface area contributed by atoms with Crippen LogP contribution in [-0.2, 0) is 9.59 Å². The smallest absolute Gasteiger partial charge is 0.253 e. The number of nitrogens with zero attached hydrogens (tertiary/aromatic N) is 1. The predicted molar refractivity (Wildman–Crippen MR) is 102 cm³/mol. The maximum atomic E-state index is 12.4. The Morgan fingerprint density at radius 1 is 1.08 bits per heavy atom. The summed E-state index contributed by atoms with van der Waals surface area (Å²) in [4.78, 5) is 38.3. The summed E-state index contributed by atoms with van der Waals surface area (Å²) in [5.74, 6) is -0.352. The maximum Gasteiger partial charge on any atom is 0.253 e. The molecule has 1 aliphatic rings. The standard InChI is InChI=1S/C20H29N3O3/c1-3-23(4-2)20(26)16-11-8-12-17(13-16)22-18(24)14-21-19(25)15-9-6-5-7-10-15/h8,11-13,15H,3-7,9-10,14H2,1-2H3,(H,21,25)(H,22,24). The van der Waals surface area contributed by atoms with Crippen LogP contribution >= 0.6 is 0 Å². The van der Waals surface area contributed by atoms with Crippen molar-refractivity contribution in [3.05, 3.63) is 29.8 Å². The number of benzene rings is 1. The third-order valence-electron chi connectivity index (χ3n) is 4.84. The summed E-state index contributed by atoms with van der Waals surface area (Å²) in [5.41, 5.74) is 1.10. The SMILES string of the molecule is CCN(CC)C(=O)c1cccc(NC(=O)CNC(=O)C2CCCCC2)c1. The maximum absolute atomic E-state index is 12.4. The summed E-state index contributed by atoms with van der Waals surface area (Å²) < 4.78 is 0. The van der Waals surface area contributed by atoms with Gasteiger partial charge in [-0.05, 0) is 44.9 Å². The topological polar surface area (TPSA) is 78.5 Å². The molecule has 26 heavy (non-hydrogen) atoms. The van der Waals surface area contributed by atoms with E-state index in [1.54, 1.807) is 29.2 Å². The molecule has 0 bridgehead atoms. The fraction of sp³-hybridized carbons (Fsp3) is 0.550. The Morgan fingerprint density at radius 3 is 2.42 bits per heavy atom. The number of hydrogen-bond acceptors (Lipinski definition) is 3. The molecule has 1 saturated carbocycles. The predicted octanol–water partition coefficient (Wildman–Crippen LogP) is 2.80. The highest BCUT2D eigenvalue weighted by Crippen LogP contribution is 2.23. The van der Waals surface area contributed by atoms with Crippen molar-refractivity contribution in [1.82, 2.24) is 10.2 Å². The van der Waals surface area contributed by atoms with E-state index in [-0.39, 0.29) is 30.2 Å². The quantitative estimate of drug-likeness (QED) is 0.786. The number of hydrogen-bond donors (Lipinski definition) is 2. The second-order valence-corrected chi connectivity index (χ2v) is 6.66. The van der Waals surface area contributed by atoms with E-state index in [0.717, 1.165) is 25.7 Å². The highest BCUT2D eigenvalue weighted by molar-refractivity contribution is 5.98. The van der Waals surface area contributed by atoms with Crippen LogP contribution < -0.4 is 10.6 Å². The fourth-order valence-electron chi connectivity index (χ4n) is 3.31. The molecule has 2 rings (SSSR count). The lowest BCUT2D eigenvalue weighted by Crippen LogP contribution is -2.37. The second-order valence-electron chi connectivity index (χ2n) is 6.66. The first-order valence-electron chi connectivity index (χ1n) is 9.52. The van der Waals surface area contributed by atoms with Crippen LogP contribution in [0.5, 0.6) is 0 Å². The summed E-state index contributed by atoms with van der Waals surface area (Å²) in [6, 6.07) is 6.88. The van der Waals surface area contributed by atoms with E-state index >= 15 is 0 Å². The van der Waals surface area contributed by atoms with Gasteiger partial charge in [0, 0.05) is 30.3 Å². The Kier molecular flexibility index (Phi) is 7.63. The molecule has 1 aliphatic carbocycles. The van der Waals surface area contributed by atoms with Crippen LogP contribution in [0.15, 0.2) is 24.3 Å². The van der Waals surface area contributed by atoms with E-state index in [9.17, 15) is 14.4 Å². The van der Waals surface area contributed by atoms with Gasteiger partial charge in [0.2, 0.25) is 11.8 Å². The van der Waals surface area contributed by atoms with Crippen molar-refractivity contribution in [2.75, 3.05) is 25.0 Å². The zero-order valence-corrected chi connectivity index (χ0v) is 15.7. The third kappa shape index (κ3) is 5.58. The van der Waals surface area contributed by atoms with Gasteiger partial charge in [-0.25, -0.2) is 0 Å². The van der Waals surface area contributed by atoms with Gasteiger partial charge in [-0.2, -0.15) is 0 Å². The van der Waals surface area contributed by atoms with E-state index in [1.807, 2.05) is 13.8 Å². The first-order chi connectivity index (χ1) is 12.5. The van der Waals surface area contributed by atoms with Gasteiger partial charge < -0.3 is 15.5 Å². The molecule has 0 saturated heterocycles. The molecule has 0 spiro atoms. The third-order valence-corrected chi connectivity index (χ3v) is 4.84. The molecule has 0 aliphatic heterocycles. The number of nitrogens with one attached hydrogen (secondary N) is 2. The molecule has 142 valence electrons. The van der Waals surface area contributed by atoms with Crippen LogP contribution in [0.1, 0.15) is 56.3 Å². The van der Waals surface area contributed by atoms with Gasteiger partial charge in [-0.3, -0.25) is 14.4 Å². The monoisotopic (exact) mass is 359 g/mol. The van der Waals surface area contributed by atoms with Gasteiger partial charge >= 0.3 is 0 Å². The molecule has 0 heterocycles. The van der Waals surface area contributed by atoms with Gasteiger partial charge in [0.25, 0.3) is 5.91 Å². The van der Waals surface area contributed by atoms with Crippen LogP contribution in [0.2, 0.25) is 0 Å². The molecule has 1 aromatic carbocycles. The molecule has 6 heteroatoms. The number of carbonyl (C=O) groups is 3. The van der Waals surface area contributed by atoms with Crippen molar-refractivity contribution in [1.29, 1.82) is 0 Å². The Morgan fingerprint density at radius 2 is 1.77 bits per heavy atom. The minimum Gasteiger partial charge on any atom is -0.347 e. The first-order valence-corrected chi connectivity index (χ1v) is 9.52. The van der Waals surface area contributed by atoms with Gasteiger partial charge in [-0.1, -0.05) is 25.3 Å². The van der Waals surface area contributed by atoms with Crippen molar-refractivity contribution in [2.24, 2.45) is 5.92 Å². The molecule has 1 fully saturated rings. The van der Waals surface area contributed by atoms with Crippen molar-refractivity contribution in [3.8, 4) is 0 Å². The van der Waals surface area contributed by atoms with Crippen molar-refractivity contribution in [2.45, 2.75) is 46.0 Å². The average molecular weight is 359 g/mol. The van der Waals surface area contributed by atoms with Gasteiger partial charge in [0.05, 0.1) is 6.54 Å². The lowest BCUT2D eigenvalue weighted by Gasteiger charge is -2.20. The zero-order chi connectivity index (χ0) is 18.9. The summed E-state index contributed by atoms with van der Waals surface area (Å²) in [6.07, 6.45) is 5.16. The van der Waals surface area contributed by atoms with Crippen LogP contribution in [0.4, 0.5) is 5.69 Å². The molecule has 3 amide bonds. The number of rotatable bonds is 7. The van der Waals surface area contributed by atoms with Crippen LogP contribution in [0.25, 0.3) is 0 Å². The Labute approximate surface area is 155 Å². The van der Waals surface area contributed by atoms with Gasteiger partial charge in [-0.15, -0.1) is 0 Å². The van der Waals surface area contributed by atoms with Crippen molar-refractivity contribution >= 4 is 23.4 Å². The lowest BCUT2D eigenvalue weighted by molar-refractivity contribution is -0.128. The van der Waals surface area contributed by atoms with E-state index in [1.165, 1.54) is 6.42 Å². The normalized spacial score (nSPS) is 14.5. The Hall–Kier alpha value is -2.37. The Bertz CT molecular complexity index is 635. The zero-order valence-electron chi connectivity index (χ0n) is 15.7. The number of anilines is 1. The first kappa shape index (κ1) is 19.9. The van der Waals surface area contributed by atoms with Crippen LogP contribution in [0.3, 0.4) is 0 Å². The number of carbonyl (C=O) groups excluding carboxylic acids is 3. The van der Waals surface area contributed by atoms with E-state index in [4.69, 9.17) is 0 Å². The molecule has 0 atom stereocenters. The molecule has 6 nitrogen and oxygen atoms in total. The Balaban J connectivity index is 1.87. The molecule has 0 radical (unpaired) electrons. The van der Waals surface area contributed by atoms with Crippen molar-refractivity contribution in [3.63, 3.8) is 0 Å². The molecule has 1 aromatic rings. The van der Waals surface area contributed by atoms with E-state index in [2.05, 4.69) is 10.6 Å². The summed E-state index contributed by atoms with van der Waals surface area (Å²) in [6.45, 7) is 5.09. The molecule has 2 N–H and O–H groups in total. The van der Waals surface area contributed by atoms with Crippen LogP contribution in [0, 0.1) is 5.92 Å².